The van der Waals surface area contributed by atoms with Crippen molar-refractivity contribution in [3.63, 3.8) is 0 Å². The number of amides is 3. The van der Waals surface area contributed by atoms with Gasteiger partial charge in [0.25, 0.3) is 0 Å². The summed E-state index contributed by atoms with van der Waals surface area (Å²) in [4.78, 5) is 26.0. The van der Waals surface area contributed by atoms with Crippen molar-refractivity contribution in [1.29, 1.82) is 0 Å². The van der Waals surface area contributed by atoms with Crippen molar-refractivity contribution in [2.24, 2.45) is 0 Å². The van der Waals surface area contributed by atoms with Gasteiger partial charge in [-0.25, -0.2) is 4.79 Å². The highest BCUT2D eigenvalue weighted by molar-refractivity contribution is 6.01. The Hall–Kier alpha value is -3.42. The zero-order valence-corrected chi connectivity index (χ0v) is 16.1. The quantitative estimate of drug-likeness (QED) is 0.795. The molecule has 0 saturated carbocycles. The largest absolute Gasteiger partial charge is 0.497 e. The molecule has 0 bridgehead atoms. The summed E-state index contributed by atoms with van der Waals surface area (Å²) in [6, 6.07) is 9.85. The van der Waals surface area contributed by atoms with Gasteiger partial charge in [0, 0.05) is 48.6 Å². The summed E-state index contributed by atoms with van der Waals surface area (Å²) in [7, 11) is 4.61. The molecule has 148 valence electrons. The van der Waals surface area contributed by atoms with E-state index in [0.29, 0.717) is 47.3 Å². The lowest BCUT2D eigenvalue weighted by atomic mass is 10.2. The highest BCUT2D eigenvalue weighted by atomic mass is 16.5. The molecule has 3 rings (SSSR count). The summed E-state index contributed by atoms with van der Waals surface area (Å²) < 4.78 is 15.8. The molecule has 0 radical (unpaired) electrons. The van der Waals surface area contributed by atoms with Crippen LogP contribution in [0.1, 0.15) is 12.8 Å². The van der Waals surface area contributed by atoms with E-state index in [4.69, 9.17) is 14.2 Å². The molecule has 28 heavy (non-hydrogen) atoms. The number of nitrogens with one attached hydrogen (secondary N) is 2. The van der Waals surface area contributed by atoms with Crippen LogP contribution in [0.3, 0.4) is 0 Å². The van der Waals surface area contributed by atoms with Gasteiger partial charge in [0.15, 0.2) is 0 Å². The maximum absolute atomic E-state index is 12.4. The van der Waals surface area contributed by atoms with Gasteiger partial charge in [-0.15, -0.1) is 0 Å². The van der Waals surface area contributed by atoms with Crippen molar-refractivity contribution >= 4 is 29.0 Å². The van der Waals surface area contributed by atoms with Gasteiger partial charge in [-0.2, -0.15) is 0 Å². The van der Waals surface area contributed by atoms with E-state index in [2.05, 4.69) is 10.6 Å². The Morgan fingerprint density at radius 1 is 0.929 bits per heavy atom. The van der Waals surface area contributed by atoms with Crippen molar-refractivity contribution in [1.82, 2.24) is 0 Å². The van der Waals surface area contributed by atoms with Crippen LogP contribution in [0.5, 0.6) is 17.2 Å². The summed E-state index contributed by atoms with van der Waals surface area (Å²) in [6.45, 7) is 0.667. The van der Waals surface area contributed by atoms with Crippen LogP contribution in [0.4, 0.5) is 21.9 Å². The van der Waals surface area contributed by atoms with E-state index < -0.39 is 6.03 Å². The number of rotatable bonds is 6. The van der Waals surface area contributed by atoms with Crippen LogP contribution in [-0.2, 0) is 4.79 Å². The molecular formula is C20H23N3O5. The molecule has 0 aliphatic carbocycles. The van der Waals surface area contributed by atoms with Gasteiger partial charge in [-0.3, -0.25) is 4.79 Å². The molecule has 0 aromatic heterocycles. The lowest BCUT2D eigenvalue weighted by molar-refractivity contribution is -0.117. The standard InChI is InChI=1S/C20H23N3O5/c1-26-15-9-14(10-16(12-15)27-2)22-20(25)21-13-6-7-17(18(11-13)28-3)23-8-4-5-19(23)24/h6-7,9-12H,4-5,8H2,1-3H3,(H2,21,22,25). The van der Waals surface area contributed by atoms with E-state index >= 15 is 0 Å². The Labute approximate surface area is 163 Å². The minimum absolute atomic E-state index is 0.0729. The molecule has 1 heterocycles. The van der Waals surface area contributed by atoms with Crippen molar-refractivity contribution in [3.8, 4) is 17.2 Å². The monoisotopic (exact) mass is 385 g/mol. The molecule has 1 saturated heterocycles. The van der Waals surface area contributed by atoms with Crippen LogP contribution in [-0.4, -0.2) is 39.8 Å². The second kappa shape index (κ2) is 8.51. The zero-order valence-electron chi connectivity index (χ0n) is 16.1. The molecule has 8 heteroatoms. The molecule has 1 aliphatic heterocycles. The van der Waals surface area contributed by atoms with Gasteiger partial charge in [0.1, 0.15) is 17.2 Å². The number of hydrogen-bond acceptors (Lipinski definition) is 5. The third kappa shape index (κ3) is 4.28. The SMILES string of the molecule is COc1cc(NC(=O)Nc2ccc(N3CCCC3=O)c(OC)c2)cc(OC)c1. The van der Waals surface area contributed by atoms with Crippen molar-refractivity contribution in [3.05, 3.63) is 36.4 Å². The Morgan fingerprint density at radius 2 is 1.61 bits per heavy atom. The lowest BCUT2D eigenvalue weighted by Gasteiger charge is -2.19. The van der Waals surface area contributed by atoms with E-state index in [-0.39, 0.29) is 5.91 Å². The first-order valence-electron chi connectivity index (χ1n) is 8.83. The van der Waals surface area contributed by atoms with Gasteiger partial charge in [-0.05, 0) is 18.6 Å². The predicted octanol–water partition coefficient (Wildman–Crippen LogP) is 3.48. The van der Waals surface area contributed by atoms with E-state index in [1.807, 2.05) is 0 Å². The number of nitrogens with zero attached hydrogens (tertiary/aromatic N) is 1. The summed E-state index contributed by atoms with van der Waals surface area (Å²) in [5, 5.41) is 5.49. The van der Waals surface area contributed by atoms with Gasteiger partial charge < -0.3 is 29.7 Å². The van der Waals surface area contributed by atoms with Crippen LogP contribution >= 0.6 is 0 Å². The number of urea groups is 1. The Morgan fingerprint density at radius 3 is 2.18 bits per heavy atom. The van der Waals surface area contributed by atoms with Gasteiger partial charge >= 0.3 is 6.03 Å². The number of carbonyl (C=O) groups is 2. The van der Waals surface area contributed by atoms with Crippen LogP contribution in [0.15, 0.2) is 36.4 Å². The number of anilines is 3. The van der Waals surface area contributed by atoms with Crippen LogP contribution < -0.4 is 29.7 Å². The second-order valence-electron chi connectivity index (χ2n) is 6.22. The minimum atomic E-state index is -0.428. The van der Waals surface area contributed by atoms with E-state index in [1.165, 1.54) is 21.3 Å². The summed E-state index contributed by atoms with van der Waals surface area (Å²) in [5.41, 5.74) is 1.77. The third-order valence-electron chi connectivity index (χ3n) is 4.41. The average Bonchev–Trinajstić information content (AvgIpc) is 3.13. The van der Waals surface area contributed by atoms with E-state index in [0.717, 1.165) is 6.42 Å². The number of methoxy groups -OCH3 is 3. The minimum Gasteiger partial charge on any atom is -0.497 e. The molecule has 1 aliphatic rings. The van der Waals surface area contributed by atoms with Crippen molar-refractivity contribution in [2.45, 2.75) is 12.8 Å². The maximum atomic E-state index is 12.4. The van der Waals surface area contributed by atoms with Crippen molar-refractivity contribution < 1.29 is 23.8 Å². The van der Waals surface area contributed by atoms with E-state index in [1.54, 1.807) is 41.3 Å². The fourth-order valence-corrected chi connectivity index (χ4v) is 3.05. The molecule has 1 fully saturated rings. The Kier molecular flexibility index (Phi) is 5.88. The fraction of sp³-hybridized carbons (Fsp3) is 0.300. The van der Waals surface area contributed by atoms with Gasteiger partial charge in [-0.1, -0.05) is 0 Å². The first-order valence-corrected chi connectivity index (χ1v) is 8.83. The van der Waals surface area contributed by atoms with Crippen LogP contribution in [0.2, 0.25) is 0 Å². The molecule has 2 N–H and O–H groups in total. The molecule has 2 aromatic carbocycles. The number of benzene rings is 2. The molecule has 2 aromatic rings. The fourth-order valence-electron chi connectivity index (χ4n) is 3.05. The second-order valence-corrected chi connectivity index (χ2v) is 6.22. The van der Waals surface area contributed by atoms with Crippen molar-refractivity contribution in [2.75, 3.05) is 43.4 Å². The average molecular weight is 385 g/mol. The first kappa shape index (κ1) is 19.3. The topological polar surface area (TPSA) is 89.1 Å². The molecule has 8 nitrogen and oxygen atoms in total. The number of carbonyl (C=O) groups excluding carboxylic acids is 2. The molecular weight excluding hydrogens is 362 g/mol. The molecule has 0 atom stereocenters. The summed E-state index contributed by atoms with van der Waals surface area (Å²) in [6.07, 6.45) is 1.37. The smallest absolute Gasteiger partial charge is 0.323 e. The first-order chi connectivity index (χ1) is 13.5. The third-order valence-corrected chi connectivity index (χ3v) is 4.41. The number of ether oxygens (including phenoxy) is 3. The lowest BCUT2D eigenvalue weighted by Crippen LogP contribution is -2.24. The number of hydrogen-bond donors (Lipinski definition) is 2. The normalized spacial score (nSPS) is 13.2. The highest BCUT2D eigenvalue weighted by Gasteiger charge is 2.24. The van der Waals surface area contributed by atoms with Gasteiger partial charge in [0.05, 0.1) is 27.0 Å². The van der Waals surface area contributed by atoms with Crippen LogP contribution in [0.25, 0.3) is 0 Å². The molecule has 3 amide bonds. The van der Waals surface area contributed by atoms with E-state index in [9.17, 15) is 9.59 Å². The Bertz CT molecular complexity index is 862. The summed E-state index contributed by atoms with van der Waals surface area (Å²) >= 11 is 0. The zero-order chi connectivity index (χ0) is 20.1. The Balaban J connectivity index is 1.73. The van der Waals surface area contributed by atoms with Crippen LogP contribution in [0, 0.1) is 0 Å². The maximum Gasteiger partial charge on any atom is 0.323 e. The predicted molar refractivity (Wildman–Crippen MR) is 107 cm³/mol. The summed E-state index contributed by atoms with van der Waals surface area (Å²) in [5.74, 6) is 1.73. The van der Waals surface area contributed by atoms with Gasteiger partial charge in [0.2, 0.25) is 5.91 Å². The molecule has 0 unspecified atom stereocenters. The highest BCUT2D eigenvalue weighted by Crippen LogP contribution is 2.34. The molecule has 0 spiro atoms.